The predicted molar refractivity (Wildman–Crippen MR) is 92.7 cm³/mol. The number of hydrogen-bond donors (Lipinski definition) is 2. The zero-order valence-corrected chi connectivity index (χ0v) is 13.9. The number of benzene rings is 2. The van der Waals surface area contributed by atoms with E-state index in [9.17, 15) is 4.79 Å². The van der Waals surface area contributed by atoms with Crippen molar-refractivity contribution in [3.63, 3.8) is 0 Å². The number of para-hydroxylation sites is 1. The summed E-state index contributed by atoms with van der Waals surface area (Å²) in [6, 6.07) is 17.6. The van der Waals surface area contributed by atoms with Crippen LogP contribution < -0.4 is 15.4 Å². The number of ether oxygens (including phenoxy) is 1. The third kappa shape index (κ3) is 4.74. The minimum atomic E-state index is -0.181. The summed E-state index contributed by atoms with van der Waals surface area (Å²) in [6.07, 6.45) is 0. The molecule has 0 radical (unpaired) electrons. The highest BCUT2D eigenvalue weighted by Gasteiger charge is 2.20. The van der Waals surface area contributed by atoms with Crippen LogP contribution in [0.4, 0.5) is 4.79 Å². The summed E-state index contributed by atoms with van der Waals surface area (Å²) in [6.45, 7) is 5.22. The first-order chi connectivity index (χ1) is 11.0. The van der Waals surface area contributed by atoms with Crippen LogP contribution in [0, 0.1) is 0 Å². The van der Waals surface area contributed by atoms with Crippen molar-refractivity contribution in [3.05, 3.63) is 65.7 Å². The molecule has 4 heteroatoms. The van der Waals surface area contributed by atoms with E-state index in [-0.39, 0.29) is 11.4 Å². The van der Waals surface area contributed by atoms with Crippen molar-refractivity contribution < 1.29 is 9.53 Å². The van der Waals surface area contributed by atoms with Crippen LogP contribution in [-0.4, -0.2) is 19.7 Å². The Kier molecular flexibility index (Phi) is 5.63. The molecule has 0 spiro atoms. The number of rotatable bonds is 6. The monoisotopic (exact) mass is 312 g/mol. The average Bonchev–Trinajstić information content (AvgIpc) is 2.59. The van der Waals surface area contributed by atoms with Crippen molar-refractivity contribution in [2.75, 3.05) is 13.7 Å². The zero-order chi connectivity index (χ0) is 16.7. The number of carbonyl (C=O) groups is 1. The fourth-order valence-corrected chi connectivity index (χ4v) is 2.38. The summed E-state index contributed by atoms with van der Waals surface area (Å²) in [7, 11) is 1.63. The van der Waals surface area contributed by atoms with E-state index in [4.69, 9.17) is 4.74 Å². The highest BCUT2D eigenvalue weighted by atomic mass is 16.5. The van der Waals surface area contributed by atoms with E-state index in [0.717, 1.165) is 11.3 Å². The maximum absolute atomic E-state index is 12.0. The van der Waals surface area contributed by atoms with Crippen LogP contribution in [0.2, 0.25) is 0 Å². The maximum atomic E-state index is 12.0. The van der Waals surface area contributed by atoms with Crippen LogP contribution in [0.25, 0.3) is 0 Å². The molecule has 2 N–H and O–H groups in total. The lowest BCUT2D eigenvalue weighted by molar-refractivity contribution is 0.238. The van der Waals surface area contributed by atoms with Gasteiger partial charge in [-0.1, -0.05) is 62.4 Å². The molecule has 23 heavy (non-hydrogen) atoms. The standard InChI is InChI=1S/C19H24N2O2/c1-19(2,16-10-5-4-6-11-16)14-21-18(22)20-13-15-9-7-8-12-17(15)23-3/h4-12H,13-14H2,1-3H3,(H2,20,21,22). The van der Waals surface area contributed by atoms with Crippen LogP contribution in [0.5, 0.6) is 5.75 Å². The van der Waals surface area contributed by atoms with Crippen molar-refractivity contribution in [3.8, 4) is 5.75 Å². The van der Waals surface area contributed by atoms with Crippen LogP contribution in [0.1, 0.15) is 25.0 Å². The molecule has 2 amide bonds. The molecule has 0 saturated heterocycles. The molecule has 2 rings (SSSR count). The van der Waals surface area contributed by atoms with Gasteiger partial charge in [-0.05, 0) is 11.6 Å². The number of hydrogen-bond acceptors (Lipinski definition) is 2. The molecule has 2 aromatic rings. The van der Waals surface area contributed by atoms with Crippen LogP contribution in [-0.2, 0) is 12.0 Å². The Morgan fingerprint density at radius 2 is 1.65 bits per heavy atom. The van der Waals surface area contributed by atoms with Crippen molar-refractivity contribution in [2.45, 2.75) is 25.8 Å². The molecule has 0 aliphatic rings. The highest BCUT2D eigenvalue weighted by molar-refractivity contribution is 5.74. The van der Waals surface area contributed by atoms with Gasteiger partial charge in [0.25, 0.3) is 0 Å². The first-order valence-corrected chi connectivity index (χ1v) is 7.72. The number of methoxy groups -OCH3 is 1. The van der Waals surface area contributed by atoms with Crippen LogP contribution in [0.15, 0.2) is 54.6 Å². The lowest BCUT2D eigenvalue weighted by Crippen LogP contribution is -2.42. The SMILES string of the molecule is COc1ccccc1CNC(=O)NCC(C)(C)c1ccccc1. The summed E-state index contributed by atoms with van der Waals surface area (Å²) < 4.78 is 5.28. The molecule has 0 aliphatic carbocycles. The van der Waals surface area contributed by atoms with Gasteiger partial charge in [0.05, 0.1) is 7.11 Å². The van der Waals surface area contributed by atoms with E-state index in [2.05, 4.69) is 36.6 Å². The van der Waals surface area contributed by atoms with Gasteiger partial charge in [0.1, 0.15) is 5.75 Å². The molecule has 0 saturated carbocycles. The fourth-order valence-electron chi connectivity index (χ4n) is 2.38. The molecular weight excluding hydrogens is 288 g/mol. The van der Waals surface area contributed by atoms with E-state index in [1.807, 2.05) is 42.5 Å². The average molecular weight is 312 g/mol. The van der Waals surface area contributed by atoms with E-state index < -0.39 is 0 Å². The Morgan fingerprint density at radius 3 is 2.35 bits per heavy atom. The Labute approximate surface area is 137 Å². The maximum Gasteiger partial charge on any atom is 0.315 e. The van der Waals surface area contributed by atoms with Gasteiger partial charge in [-0.25, -0.2) is 4.79 Å². The van der Waals surface area contributed by atoms with E-state index in [1.165, 1.54) is 5.56 Å². The molecule has 0 unspecified atom stereocenters. The van der Waals surface area contributed by atoms with Gasteiger partial charge < -0.3 is 15.4 Å². The lowest BCUT2D eigenvalue weighted by atomic mass is 9.85. The number of carbonyl (C=O) groups excluding carboxylic acids is 1. The first-order valence-electron chi connectivity index (χ1n) is 7.72. The first kappa shape index (κ1) is 16.9. The van der Waals surface area contributed by atoms with Crippen molar-refractivity contribution >= 4 is 6.03 Å². The quantitative estimate of drug-likeness (QED) is 0.858. The van der Waals surface area contributed by atoms with Crippen LogP contribution in [0.3, 0.4) is 0 Å². The molecule has 0 aromatic heterocycles. The smallest absolute Gasteiger partial charge is 0.315 e. The van der Waals surface area contributed by atoms with E-state index in [1.54, 1.807) is 7.11 Å². The molecule has 122 valence electrons. The molecule has 0 aliphatic heterocycles. The molecule has 4 nitrogen and oxygen atoms in total. The molecule has 0 bridgehead atoms. The van der Waals surface area contributed by atoms with Gasteiger partial charge in [-0.3, -0.25) is 0 Å². The summed E-state index contributed by atoms with van der Waals surface area (Å²) in [5.41, 5.74) is 2.03. The summed E-state index contributed by atoms with van der Waals surface area (Å²) in [5, 5.41) is 5.81. The Morgan fingerprint density at radius 1 is 1.00 bits per heavy atom. The van der Waals surface area contributed by atoms with Gasteiger partial charge in [0, 0.05) is 24.1 Å². The zero-order valence-electron chi connectivity index (χ0n) is 13.9. The highest BCUT2D eigenvalue weighted by Crippen LogP contribution is 2.21. The van der Waals surface area contributed by atoms with Gasteiger partial charge in [-0.2, -0.15) is 0 Å². The molecular formula is C19H24N2O2. The van der Waals surface area contributed by atoms with Gasteiger partial charge in [0.15, 0.2) is 0 Å². The second-order valence-corrected chi connectivity index (χ2v) is 6.10. The van der Waals surface area contributed by atoms with Crippen molar-refractivity contribution in [2.24, 2.45) is 0 Å². The minimum Gasteiger partial charge on any atom is -0.496 e. The number of nitrogens with one attached hydrogen (secondary N) is 2. The predicted octanol–water partition coefficient (Wildman–Crippen LogP) is 3.47. The van der Waals surface area contributed by atoms with Crippen molar-refractivity contribution in [1.29, 1.82) is 0 Å². The minimum absolute atomic E-state index is 0.122. The fraction of sp³-hybridized carbons (Fsp3) is 0.316. The van der Waals surface area contributed by atoms with E-state index in [0.29, 0.717) is 13.1 Å². The van der Waals surface area contributed by atoms with Gasteiger partial charge in [0.2, 0.25) is 0 Å². The topological polar surface area (TPSA) is 50.4 Å². The second-order valence-electron chi connectivity index (χ2n) is 6.10. The molecule has 0 fully saturated rings. The Hall–Kier alpha value is -2.49. The summed E-state index contributed by atoms with van der Waals surface area (Å²) >= 11 is 0. The summed E-state index contributed by atoms with van der Waals surface area (Å²) in [5.74, 6) is 0.775. The van der Waals surface area contributed by atoms with Crippen LogP contribution >= 0.6 is 0 Å². The van der Waals surface area contributed by atoms with E-state index >= 15 is 0 Å². The Balaban J connectivity index is 1.86. The number of amides is 2. The third-order valence-electron chi connectivity index (χ3n) is 3.88. The summed E-state index contributed by atoms with van der Waals surface area (Å²) in [4.78, 5) is 12.0. The third-order valence-corrected chi connectivity index (χ3v) is 3.88. The largest absolute Gasteiger partial charge is 0.496 e. The lowest BCUT2D eigenvalue weighted by Gasteiger charge is -2.25. The second kappa shape index (κ2) is 7.68. The number of urea groups is 1. The van der Waals surface area contributed by atoms with Gasteiger partial charge in [-0.15, -0.1) is 0 Å². The molecule has 0 atom stereocenters. The Bertz CT molecular complexity index is 639. The van der Waals surface area contributed by atoms with Gasteiger partial charge >= 0.3 is 6.03 Å². The normalized spacial score (nSPS) is 10.9. The molecule has 0 heterocycles. The molecule has 2 aromatic carbocycles. The van der Waals surface area contributed by atoms with Crippen molar-refractivity contribution in [1.82, 2.24) is 10.6 Å².